The molecule has 36 heteroatoms. The Morgan fingerprint density at radius 1 is 0.322 bits per heavy atom. The first-order valence-corrected chi connectivity index (χ1v) is 27.6. The number of methoxy groups -OCH3 is 1. The lowest BCUT2D eigenvalue weighted by atomic mass is 9.92. The minimum absolute atomic E-state index is 0.757. The SMILES string of the molecule is CO[C@H]1O[C@H]([C@H](COC(C)=O)OC(C)=O)[C@@H](OC(C)=O)[C@H](O[C@H]2O[C@H](COC(C)=O)[C@@H](O[C@@H]3O[C@H](COC(C)=O)[C@H](OC(C)=O)[C@H](OC(C)=O)[C@H]3OC(C)=O)[C@H](OC(C)=O)[C@H]2OC(C)=O)[C@@H]1O[C@H]1O[C@H](COC(C)=O)[C@@H](OC(C)=O)[C@H](OC(C)=O)[C@H]1NC(C)=O. The molecule has 0 radical (unpaired) electrons. The summed E-state index contributed by atoms with van der Waals surface area (Å²) < 4.78 is 123. The quantitative estimate of drug-likeness (QED) is 0.0711. The van der Waals surface area contributed by atoms with Gasteiger partial charge in [0.05, 0.1) is 0 Å². The monoisotopic (exact) mass is 1300 g/mol. The maximum absolute atomic E-state index is 13.5. The number of rotatable bonds is 26. The van der Waals surface area contributed by atoms with E-state index in [2.05, 4.69) is 5.32 Å². The smallest absolute Gasteiger partial charge is 0.303 e. The van der Waals surface area contributed by atoms with Gasteiger partial charge in [0, 0.05) is 104 Å². The van der Waals surface area contributed by atoms with Crippen molar-refractivity contribution in [2.24, 2.45) is 0 Å². The first kappa shape index (κ1) is 74.7. The van der Waals surface area contributed by atoms with Crippen LogP contribution in [-0.2, 0) is 167 Å². The predicted octanol–water partition coefficient (Wildman–Crippen LogP) is -2.17. The van der Waals surface area contributed by atoms with Gasteiger partial charge < -0.3 is 105 Å². The number of esters is 13. The molecule has 4 aliphatic heterocycles. The zero-order chi connectivity index (χ0) is 67.6. The van der Waals surface area contributed by atoms with Crippen LogP contribution in [0.1, 0.15) is 96.9 Å². The van der Waals surface area contributed by atoms with Crippen molar-refractivity contribution in [1.82, 2.24) is 5.32 Å². The van der Waals surface area contributed by atoms with E-state index in [4.69, 9.17) is 99.5 Å². The fraction of sp³-hybridized carbons (Fsp3) is 0.741. The Morgan fingerprint density at radius 3 is 1.04 bits per heavy atom. The van der Waals surface area contributed by atoms with Crippen LogP contribution in [0.2, 0.25) is 0 Å². The van der Waals surface area contributed by atoms with Crippen molar-refractivity contribution in [3.8, 4) is 0 Å². The summed E-state index contributed by atoms with van der Waals surface area (Å²) in [6, 6.07) is -1.76. The van der Waals surface area contributed by atoms with E-state index in [1.54, 1.807) is 0 Å². The average molecular weight is 1300 g/mol. The van der Waals surface area contributed by atoms with Crippen LogP contribution in [-0.4, -0.2) is 246 Å². The van der Waals surface area contributed by atoms with E-state index >= 15 is 0 Å². The average Bonchev–Trinajstić information content (AvgIpc) is 0.788. The largest absolute Gasteiger partial charge is 0.463 e. The number of ether oxygens (including phenoxy) is 21. The van der Waals surface area contributed by atoms with Gasteiger partial charge in [0.2, 0.25) is 5.91 Å². The summed E-state index contributed by atoms with van der Waals surface area (Å²) in [5, 5.41) is 2.51. The second-order valence-corrected chi connectivity index (χ2v) is 20.3. The van der Waals surface area contributed by atoms with Gasteiger partial charge in [-0.2, -0.15) is 0 Å². The maximum Gasteiger partial charge on any atom is 0.303 e. The fourth-order valence-corrected chi connectivity index (χ4v) is 9.86. The first-order valence-electron chi connectivity index (χ1n) is 27.6. The lowest BCUT2D eigenvalue weighted by Gasteiger charge is -2.52. The minimum atomic E-state index is -2.31. The molecule has 4 rings (SSSR count). The lowest BCUT2D eigenvalue weighted by molar-refractivity contribution is -0.395. The molecular formula is C54H75NO35. The highest BCUT2D eigenvalue weighted by molar-refractivity contribution is 5.74. The summed E-state index contributed by atoms with van der Waals surface area (Å²) in [5.41, 5.74) is 0. The van der Waals surface area contributed by atoms with Crippen LogP contribution in [0, 0.1) is 0 Å². The van der Waals surface area contributed by atoms with Gasteiger partial charge in [0.15, 0.2) is 80.1 Å². The normalized spacial score (nSPS) is 31.6. The van der Waals surface area contributed by atoms with Crippen molar-refractivity contribution >= 4 is 83.5 Å². The van der Waals surface area contributed by atoms with Crippen molar-refractivity contribution < 1.29 is 167 Å². The van der Waals surface area contributed by atoms with E-state index in [0.29, 0.717) is 0 Å². The predicted molar refractivity (Wildman–Crippen MR) is 280 cm³/mol. The maximum atomic E-state index is 13.5. The van der Waals surface area contributed by atoms with Gasteiger partial charge in [0.25, 0.3) is 0 Å². The molecule has 0 bridgehead atoms. The minimum Gasteiger partial charge on any atom is -0.463 e. The summed E-state index contributed by atoms with van der Waals surface area (Å²) in [6.07, 6.45) is -39.1. The zero-order valence-corrected chi connectivity index (χ0v) is 51.7. The second-order valence-electron chi connectivity index (χ2n) is 20.3. The molecule has 1 N–H and O–H groups in total. The van der Waals surface area contributed by atoms with Gasteiger partial charge in [0.1, 0.15) is 75.2 Å². The van der Waals surface area contributed by atoms with Gasteiger partial charge in [-0.1, -0.05) is 0 Å². The number of hydrogen-bond donors (Lipinski definition) is 1. The Kier molecular flexibility index (Phi) is 28.6. The summed E-state index contributed by atoms with van der Waals surface area (Å²) in [6.45, 7) is 10.1. The summed E-state index contributed by atoms with van der Waals surface area (Å²) in [7, 11) is 1.03. The molecule has 4 aliphatic rings. The lowest BCUT2D eigenvalue weighted by Crippen LogP contribution is -2.71. The molecule has 0 spiro atoms. The second kappa shape index (κ2) is 34.5. The third-order valence-corrected chi connectivity index (χ3v) is 12.7. The van der Waals surface area contributed by atoms with Crippen molar-refractivity contribution in [3.63, 3.8) is 0 Å². The van der Waals surface area contributed by atoms with Crippen LogP contribution >= 0.6 is 0 Å². The van der Waals surface area contributed by atoms with Gasteiger partial charge in [-0.05, 0) is 0 Å². The molecule has 0 aromatic heterocycles. The zero-order valence-electron chi connectivity index (χ0n) is 51.7. The molecule has 4 saturated heterocycles. The molecule has 0 unspecified atom stereocenters. The van der Waals surface area contributed by atoms with Crippen molar-refractivity contribution in [2.45, 2.75) is 226 Å². The third-order valence-electron chi connectivity index (χ3n) is 12.7. The van der Waals surface area contributed by atoms with Crippen LogP contribution in [0.5, 0.6) is 0 Å². The Balaban J connectivity index is 2.11. The first-order chi connectivity index (χ1) is 42.1. The Morgan fingerprint density at radius 2 is 0.656 bits per heavy atom. The van der Waals surface area contributed by atoms with Gasteiger partial charge in [-0.15, -0.1) is 0 Å². The van der Waals surface area contributed by atoms with E-state index in [-0.39, 0.29) is 0 Å². The number of amides is 1. The van der Waals surface area contributed by atoms with Crippen LogP contribution in [0.15, 0.2) is 0 Å². The van der Waals surface area contributed by atoms with E-state index in [0.717, 1.165) is 104 Å². The number of hydrogen-bond acceptors (Lipinski definition) is 35. The molecule has 4 heterocycles. The van der Waals surface area contributed by atoms with E-state index < -0.39 is 239 Å². The summed E-state index contributed by atoms with van der Waals surface area (Å²) in [5.74, 6) is -14.2. The Bertz CT molecular complexity index is 2610. The van der Waals surface area contributed by atoms with Gasteiger partial charge in [-0.25, -0.2) is 0 Å². The molecule has 506 valence electrons. The third kappa shape index (κ3) is 22.3. The molecule has 0 saturated carbocycles. The number of carbonyl (C=O) groups excluding carboxylic acids is 14. The highest BCUT2D eigenvalue weighted by Crippen LogP contribution is 2.40. The van der Waals surface area contributed by atoms with Crippen LogP contribution in [0.4, 0.5) is 0 Å². The molecule has 0 aromatic rings. The summed E-state index contributed by atoms with van der Waals surface area (Å²) in [4.78, 5) is 180. The van der Waals surface area contributed by atoms with E-state index in [1.165, 1.54) is 0 Å². The molecule has 90 heavy (non-hydrogen) atoms. The fourth-order valence-electron chi connectivity index (χ4n) is 9.86. The van der Waals surface area contributed by atoms with Crippen molar-refractivity contribution in [1.29, 1.82) is 0 Å². The standard InChI is InChI=1S/C54H75NO35/c1-20(56)55-38-43(78-28(9)64)39(76-26(7)62)35(17-72-22(3)58)84-51(38)90-48-47(44(79-29(10)65)41(87-52(48)70-15)34(75-25(6)61)16-71-21(2)57)89-54-50(83-33(14)69)46(81-31(12)67)42(37(86-54)19-74-24(5)60)88-53-49(82-32(13)68)45(80-30(11)66)40(77-27(8)63)36(85-53)18-73-23(4)59/h34-54H,16-19H2,1-15H3,(H,55,56)/t34-,35+,36+,37+,38+,39+,40-,41+,42+,43+,44+,45-,46-,47-,48-,49+,50+,51+,52-,53-,54+/m0/s1. The Hall–Kier alpha value is -7.74. The number of carbonyl (C=O) groups is 14. The van der Waals surface area contributed by atoms with Crippen molar-refractivity contribution in [3.05, 3.63) is 0 Å². The van der Waals surface area contributed by atoms with E-state index in [1.807, 2.05) is 0 Å². The number of nitrogens with one attached hydrogen (secondary N) is 1. The molecule has 0 aliphatic carbocycles. The van der Waals surface area contributed by atoms with E-state index in [9.17, 15) is 67.1 Å². The Labute approximate surface area is 513 Å². The molecule has 36 nitrogen and oxygen atoms in total. The van der Waals surface area contributed by atoms with Crippen molar-refractivity contribution in [2.75, 3.05) is 33.5 Å². The molecular weight excluding hydrogens is 1220 g/mol. The van der Waals surface area contributed by atoms with Gasteiger partial charge in [-0.3, -0.25) is 67.1 Å². The molecule has 4 fully saturated rings. The highest BCUT2D eigenvalue weighted by atomic mass is 16.8. The van der Waals surface area contributed by atoms with Crippen LogP contribution < -0.4 is 5.32 Å². The van der Waals surface area contributed by atoms with Crippen LogP contribution in [0.3, 0.4) is 0 Å². The highest BCUT2D eigenvalue weighted by Gasteiger charge is 2.62. The van der Waals surface area contributed by atoms with Crippen LogP contribution in [0.25, 0.3) is 0 Å². The molecule has 1 amide bonds. The molecule has 0 aromatic carbocycles. The summed E-state index contributed by atoms with van der Waals surface area (Å²) >= 11 is 0. The molecule has 21 atom stereocenters. The van der Waals surface area contributed by atoms with Gasteiger partial charge >= 0.3 is 77.6 Å². The topological polar surface area (TPSA) is 445 Å².